The molecule has 1 aromatic heterocycles. The molecule has 0 bridgehead atoms. The standard InChI is InChI=1S/C25H37N3/c1-6-8-9-10-23-16-24(20(4)27-25(23)26)15-21-11-13-22(14-12-21)18-28(5)17-19(3)7-2/h11-14,16H,3,6-10,15,17-18H2,1-2,4-5H3,(H2,26,27). The van der Waals surface area contributed by atoms with Crippen molar-refractivity contribution in [3.05, 3.63) is 70.4 Å². The first-order chi connectivity index (χ1) is 13.4. The van der Waals surface area contributed by atoms with Gasteiger partial charge in [-0.25, -0.2) is 4.98 Å². The average molecular weight is 380 g/mol. The molecule has 0 spiro atoms. The Labute approximate surface area is 171 Å². The van der Waals surface area contributed by atoms with Crippen LogP contribution in [-0.2, 0) is 19.4 Å². The van der Waals surface area contributed by atoms with Gasteiger partial charge < -0.3 is 5.73 Å². The fourth-order valence-electron chi connectivity index (χ4n) is 3.50. The first kappa shape index (κ1) is 22.2. The van der Waals surface area contributed by atoms with Crippen LogP contribution in [0.1, 0.15) is 67.5 Å². The van der Waals surface area contributed by atoms with Gasteiger partial charge >= 0.3 is 0 Å². The van der Waals surface area contributed by atoms with Crippen molar-refractivity contribution in [3.63, 3.8) is 0 Å². The SMILES string of the molecule is C=C(CC)CN(C)Cc1ccc(Cc2cc(CCCCC)c(N)nc2C)cc1. The van der Waals surface area contributed by atoms with Crippen molar-refractivity contribution in [2.45, 2.75) is 65.8 Å². The van der Waals surface area contributed by atoms with Gasteiger partial charge in [0.15, 0.2) is 0 Å². The van der Waals surface area contributed by atoms with E-state index in [-0.39, 0.29) is 0 Å². The lowest BCUT2D eigenvalue weighted by atomic mass is 9.99. The van der Waals surface area contributed by atoms with Gasteiger partial charge in [-0.1, -0.05) is 69.2 Å². The smallest absolute Gasteiger partial charge is 0.126 e. The molecule has 2 N–H and O–H groups in total. The van der Waals surface area contributed by atoms with Crippen LogP contribution in [-0.4, -0.2) is 23.5 Å². The number of hydrogen-bond acceptors (Lipinski definition) is 3. The molecule has 1 heterocycles. The van der Waals surface area contributed by atoms with Crippen molar-refractivity contribution in [2.75, 3.05) is 19.3 Å². The van der Waals surface area contributed by atoms with Crippen molar-refractivity contribution in [1.29, 1.82) is 0 Å². The minimum absolute atomic E-state index is 0.699. The molecule has 2 aromatic rings. The summed E-state index contributed by atoms with van der Waals surface area (Å²) in [6.45, 7) is 12.5. The number of aryl methyl sites for hydroxylation is 2. The summed E-state index contributed by atoms with van der Waals surface area (Å²) in [4.78, 5) is 6.92. The van der Waals surface area contributed by atoms with Crippen LogP contribution in [0.3, 0.4) is 0 Å². The molecule has 3 heteroatoms. The molecule has 0 saturated carbocycles. The molecule has 0 fully saturated rings. The summed E-state index contributed by atoms with van der Waals surface area (Å²) >= 11 is 0. The average Bonchev–Trinajstić information content (AvgIpc) is 2.66. The second-order valence-electron chi connectivity index (χ2n) is 8.00. The summed E-state index contributed by atoms with van der Waals surface area (Å²) in [7, 11) is 2.15. The van der Waals surface area contributed by atoms with Crippen LogP contribution in [0, 0.1) is 6.92 Å². The van der Waals surface area contributed by atoms with Gasteiger partial charge in [-0.05, 0) is 61.9 Å². The molecule has 0 amide bonds. The van der Waals surface area contributed by atoms with Crippen LogP contribution in [0.15, 0.2) is 42.5 Å². The number of nitrogens with two attached hydrogens (primary N) is 1. The van der Waals surface area contributed by atoms with Gasteiger partial charge in [-0.2, -0.15) is 0 Å². The Kier molecular flexibility index (Phi) is 8.72. The first-order valence-corrected chi connectivity index (χ1v) is 10.6. The molecule has 3 nitrogen and oxygen atoms in total. The summed E-state index contributed by atoms with van der Waals surface area (Å²) in [5.74, 6) is 0.699. The Morgan fingerprint density at radius 2 is 1.75 bits per heavy atom. The van der Waals surface area contributed by atoms with Crippen LogP contribution in [0.25, 0.3) is 0 Å². The van der Waals surface area contributed by atoms with Crippen LogP contribution < -0.4 is 5.73 Å². The number of hydrogen-bond donors (Lipinski definition) is 1. The zero-order valence-electron chi connectivity index (χ0n) is 18.2. The van der Waals surface area contributed by atoms with E-state index in [4.69, 9.17) is 5.73 Å². The minimum atomic E-state index is 0.699. The van der Waals surface area contributed by atoms with Gasteiger partial charge in [-0.15, -0.1) is 0 Å². The molecule has 0 radical (unpaired) electrons. The Balaban J connectivity index is 2.03. The largest absolute Gasteiger partial charge is 0.383 e. The molecule has 2 rings (SSSR count). The highest BCUT2D eigenvalue weighted by Crippen LogP contribution is 2.21. The van der Waals surface area contributed by atoms with E-state index >= 15 is 0 Å². The normalized spacial score (nSPS) is 11.2. The maximum absolute atomic E-state index is 6.15. The quantitative estimate of drug-likeness (QED) is 0.402. The summed E-state index contributed by atoms with van der Waals surface area (Å²) < 4.78 is 0. The number of pyridine rings is 1. The molecule has 152 valence electrons. The maximum atomic E-state index is 6.15. The molecule has 28 heavy (non-hydrogen) atoms. The Bertz CT molecular complexity index is 762. The number of likely N-dealkylation sites (N-methyl/N-ethyl adjacent to an activating group) is 1. The zero-order chi connectivity index (χ0) is 20.5. The maximum Gasteiger partial charge on any atom is 0.126 e. The number of unbranched alkanes of at least 4 members (excludes halogenated alkanes) is 2. The minimum Gasteiger partial charge on any atom is -0.383 e. The van der Waals surface area contributed by atoms with E-state index in [1.807, 2.05) is 0 Å². The fourth-order valence-corrected chi connectivity index (χ4v) is 3.50. The van der Waals surface area contributed by atoms with Gasteiger partial charge in [0.2, 0.25) is 0 Å². The predicted octanol–water partition coefficient (Wildman–Crippen LogP) is 5.69. The lowest BCUT2D eigenvalue weighted by Crippen LogP contribution is -2.20. The highest BCUT2D eigenvalue weighted by atomic mass is 15.1. The monoisotopic (exact) mass is 379 g/mol. The fraction of sp³-hybridized carbons (Fsp3) is 0.480. The van der Waals surface area contributed by atoms with Crippen LogP contribution in [0.2, 0.25) is 0 Å². The Morgan fingerprint density at radius 1 is 1.07 bits per heavy atom. The summed E-state index contributed by atoms with van der Waals surface area (Å²) in [6, 6.07) is 11.2. The molecule has 0 atom stereocenters. The van der Waals surface area contributed by atoms with Gasteiger partial charge in [0.25, 0.3) is 0 Å². The third-order valence-corrected chi connectivity index (χ3v) is 5.34. The Morgan fingerprint density at radius 3 is 2.39 bits per heavy atom. The highest BCUT2D eigenvalue weighted by molar-refractivity contribution is 5.45. The van der Waals surface area contributed by atoms with Crippen molar-refractivity contribution in [2.24, 2.45) is 0 Å². The highest BCUT2D eigenvalue weighted by Gasteiger charge is 2.09. The van der Waals surface area contributed by atoms with Crippen molar-refractivity contribution >= 4 is 5.82 Å². The van der Waals surface area contributed by atoms with E-state index in [1.165, 1.54) is 47.1 Å². The first-order valence-electron chi connectivity index (χ1n) is 10.6. The van der Waals surface area contributed by atoms with E-state index in [0.717, 1.165) is 38.0 Å². The molecule has 0 aliphatic heterocycles. The number of rotatable bonds is 11. The topological polar surface area (TPSA) is 42.1 Å². The van der Waals surface area contributed by atoms with Gasteiger partial charge in [0.1, 0.15) is 5.82 Å². The molecule has 1 aromatic carbocycles. The lowest BCUT2D eigenvalue weighted by molar-refractivity contribution is 0.353. The predicted molar refractivity (Wildman–Crippen MR) is 122 cm³/mol. The van der Waals surface area contributed by atoms with Crippen LogP contribution in [0.5, 0.6) is 0 Å². The summed E-state index contributed by atoms with van der Waals surface area (Å²) in [5, 5.41) is 0. The van der Waals surface area contributed by atoms with Gasteiger partial charge in [0, 0.05) is 18.8 Å². The molecule has 0 unspecified atom stereocenters. The van der Waals surface area contributed by atoms with Gasteiger partial charge in [-0.3, -0.25) is 4.90 Å². The summed E-state index contributed by atoms with van der Waals surface area (Å²) in [5.41, 5.74) is 13.6. The second kappa shape index (κ2) is 11.0. The molecular formula is C25H37N3. The number of nitrogen functional groups attached to an aromatic ring is 1. The van der Waals surface area contributed by atoms with Crippen LogP contribution >= 0.6 is 0 Å². The number of benzene rings is 1. The van der Waals surface area contributed by atoms with E-state index in [0.29, 0.717) is 5.82 Å². The van der Waals surface area contributed by atoms with Crippen molar-refractivity contribution < 1.29 is 0 Å². The summed E-state index contributed by atoms with van der Waals surface area (Å²) in [6.07, 6.45) is 6.61. The van der Waals surface area contributed by atoms with E-state index < -0.39 is 0 Å². The van der Waals surface area contributed by atoms with Crippen molar-refractivity contribution in [1.82, 2.24) is 9.88 Å². The third kappa shape index (κ3) is 6.79. The Hall–Kier alpha value is -2.13. The number of anilines is 1. The number of nitrogens with zero attached hydrogens (tertiary/aromatic N) is 2. The van der Waals surface area contributed by atoms with E-state index in [2.05, 4.69) is 74.6 Å². The zero-order valence-corrected chi connectivity index (χ0v) is 18.2. The lowest BCUT2D eigenvalue weighted by Gasteiger charge is -2.18. The number of aromatic nitrogens is 1. The molecule has 0 saturated heterocycles. The third-order valence-electron chi connectivity index (χ3n) is 5.34. The molecule has 0 aliphatic carbocycles. The van der Waals surface area contributed by atoms with Crippen molar-refractivity contribution in [3.8, 4) is 0 Å². The van der Waals surface area contributed by atoms with Gasteiger partial charge in [0.05, 0.1) is 0 Å². The molecule has 0 aliphatic rings. The van der Waals surface area contributed by atoms with E-state index in [1.54, 1.807) is 0 Å². The second-order valence-corrected chi connectivity index (χ2v) is 8.00. The van der Waals surface area contributed by atoms with Crippen LogP contribution in [0.4, 0.5) is 5.82 Å². The molecular weight excluding hydrogens is 342 g/mol. The van der Waals surface area contributed by atoms with E-state index in [9.17, 15) is 0 Å².